The van der Waals surface area contributed by atoms with Gasteiger partial charge in [0.2, 0.25) is 5.71 Å². The second-order valence-corrected chi connectivity index (χ2v) is 12.5. The van der Waals surface area contributed by atoms with Crippen LogP contribution < -0.4 is 0 Å². The van der Waals surface area contributed by atoms with Crippen molar-refractivity contribution in [2.24, 2.45) is 0 Å². The van der Waals surface area contributed by atoms with Crippen LogP contribution in [0, 0.1) is 0 Å². The summed E-state index contributed by atoms with van der Waals surface area (Å²) in [5, 5.41) is 8.06. The van der Waals surface area contributed by atoms with Crippen LogP contribution in [-0.4, -0.2) is 9.13 Å². The molecule has 11 rings (SSSR count). The summed E-state index contributed by atoms with van der Waals surface area (Å²) in [4.78, 5) is 0. The van der Waals surface area contributed by atoms with Crippen molar-refractivity contribution in [3.63, 3.8) is 0 Å². The number of fused-ring (bicyclic) bond motifs is 11. The molecule has 0 amide bonds. The molecule has 4 nitrogen and oxygen atoms in total. The molecule has 0 unspecified atom stereocenters. The first-order valence-electron chi connectivity index (χ1n) is 16.3. The third kappa shape index (κ3) is 3.49. The fourth-order valence-electron chi connectivity index (χ4n) is 7.78. The van der Waals surface area contributed by atoms with E-state index in [1.165, 1.54) is 16.2 Å². The lowest BCUT2D eigenvalue weighted by molar-refractivity contribution is 0.645. The summed E-state index contributed by atoms with van der Waals surface area (Å²) in [5.41, 5.74) is 11.6. The topological polar surface area (TPSA) is 36.1 Å². The molecule has 4 heteroatoms. The van der Waals surface area contributed by atoms with Crippen molar-refractivity contribution in [3.8, 4) is 22.5 Å². The molecule has 0 bridgehead atoms. The molecule has 4 aromatic heterocycles. The molecule has 48 heavy (non-hydrogen) atoms. The quantitative estimate of drug-likeness (QED) is 0.198. The average molecular weight is 615 g/mol. The van der Waals surface area contributed by atoms with Gasteiger partial charge in [-0.25, -0.2) is 0 Å². The highest BCUT2D eigenvalue weighted by molar-refractivity contribution is 6.21. The van der Waals surface area contributed by atoms with Crippen molar-refractivity contribution in [1.82, 2.24) is 9.13 Å². The second kappa shape index (κ2) is 9.50. The minimum absolute atomic E-state index is 0.866. The maximum Gasteiger partial charge on any atom is 0.213 e. The van der Waals surface area contributed by atoms with E-state index in [2.05, 4.69) is 143 Å². The molecule has 4 heterocycles. The van der Waals surface area contributed by atoms with Crippen molar-refractivity contribution in [2.75, 3.05) is 0 Å². The highest BCUT2D eigenvalue weighted by Crippen LogP contribution is 2.42. The van der Waals surface area contributed by atoms with Crippen LogP contribution in [0.1, 0.15) is 0 Å². The third-order valence-electron chi connectivity index (χ3n) is 9.91. The zero-order valence-electron chi connectivity index (χ0n) is 25.7. The lowest BCUT2D eigenvalue weighted by atomic mass is 10.00. The monoisotopic (exact) mass is 614 g/mol. The molecule has 0 saturated carbocycles. The van der Waals surface area contributed by atoms with E-state index in [9.17, 15) is 0 Å². The van der Waals surface area contributed by atoms with Gasteiger partial charge in [0.1, 0.15) is 16.7 Å². The van der Waals surface area contributed by atoms with Gasteiger partial charge in [-0.3, -0.25) is 4.57 Å². The first-order chi connectivity index (χ1) is 23.8. The van der Waals surface area contributed by atoms with Crippen molar-refractivity contribution >= 4 is 76.7 Å². The smallest absolute Gasteiger partial charge is 0.213 e. The molecule has 224 valence electrons. The lowest BCUT2D eigenvalue weighted by Crippen LogP contribution is -1.93. The Bertz CT molecular complexity index is 3050. The third-order valence-corrected chi connectivity index (χ3v) is 9.91. The van der Waals surface area contributed by atoms with E-state index in [-0.39, 0.29) is 0 Å². The Morgan fingerprint density at radius 3 is 1.62 bits per heavy atom. The predicted octanol–water partition coefficient (Wildman–Crippen LogP) is 12.2. The van der Waals surface area contributed by atoms with Crippen LogP contribution in [0.4, 0.5) is 0 Å². The summed E-state index contributed by atoms with van der Waals surface area (Å²) in [5.74, 6) is 0. The van der Waals surface area contributed by atoms with Gasteiger partial charge in [-0.1, -0.05) is 84.9 Å². The number of benzene rings is 7. The van der Waals surface area contributed by atoms with E-state index in [4.69, 9.17) is 8.83 Å². The molecule has 0 atom stereocenters. The highest BCUT2D eigenvalue weighted by atomic mass is 16.3. The molecular formula is C44H26N2O2. The maximum absolute atomic E-state index is 6.53. The molecule has 0 N–H and O–H groups in total. The first-order valence-corrected chi connectivity index (χ1v) is 16.3. The van der Waals surface area contributed by atoms with E-state index >= 15 is 0 Å². The molecule has 0 aliphatic heterocycles. The molecule has 0 saturated heterocycles. The van der Waals surface area contributed by atoms with Gasteiger partial charge in [-0.2, -0.15) is 0 Å². The number of hydrogen-bond acceptors (Lipinski definition) is 2. The average Bonchev–Trinajstić information content (AvgIpc) is 3.87. The standard InChI is InChI=1S/C44H26N2O2/c1-3-11-29(12-4-1)45-37-21-19-27(23-33(37)34-26-42-35(25-39(34)45)31-15-7-9-17-40(31)47-42)28-20-22-38-36(24-28)43-32-16-8-10-18-41(32)48-44(43)46(38)30-13-5-2-6-14-30/h1-26H. The minimum atomic E-state index is 0.866. The van der Waals surface area contributed by atoms with Gasteiger partial charge in [0.15, 0.2) is 0 Å². The lowest BCUT2D eigenvalue weighted by Gasteiger charge is -2.09. The number of nitrogens with zero attached hydrogens (tertiary/aromatic N) is 2. The Hall–Kier alpha value is -6.52. The number of para-hydroxylation sites is 4. The van der Waals surface area contributed by atoms with Gasteiger partial charge in [-0.05, 0) is 83.9 Å². The van der Waals surface area contributed by atoms with E-state index in [1.807, 2.05) is 24.3 Å². The van der Waals surface area contributed by atoms with Crippen LogP contribution in [0.3, 0.4) is 0 Å². The van der Waals surface area contributed by atoms with E-state index in [1.54, 1.807) is 0 Å². The van der Waals surface area contributed by atoms with Crippen molar-refractivity contribution in [1.29, 1.82) is 0 Å². The SMILES string of the molecule is c1ccc(-n2c3ccc(-c4ccc5c(c4)c4c6ccccc6oc4n5-c4ccccc4)cc3c3cc4oc5ccccc5c4cc32)cc1. The van der Waals surface area contributed by atoms with Crippen LogP contribution in [-0.2, 0) is 0 Å². The summed E-state index contributed by atoms with van der Waals surface area (Å²) >= 11 is 0. The van der Waals surface area contributed by atoms with E-state index < -0.39 is 0 Å². The molecular weight excluding hydrogens is 588 g/mol. The van der Waals surface area contributed by atoms with Crippen molar-refractivity contribution in [2.45, 2.75) is 0 Å². The molecule has 0 fully saturated rings. The fraction of sp³-hybridized carbons (Fsp3) is 0. The molecule has 11 aromatic rings. The van der Waals surface area contributed by atoms with E-state index in [0.29, 0.717) is 0 Å². The number of aromatic nitrogens is 2. The highest BCUT2D eigenvalue weighted by Gasteiger charge is 2.21. The molecule has 0 spiro atoms. The van der Waals surface area contributed by atoms with Crippen molar-refractivity contribution in [3.05, 3.63) is 158 Å². The second-order valence-electron chi connectivity index (χ2n) is 12.5. The number of rotatable bonds is 3. The zero-order chi connectivity index (χ0) is 31.3. The van der Waals surface area contributed by atoms with Gasteiger partial charge in [0.25, 0.3) is 0 Å². The normalized spacial score (nSPS) is 12.2. The number of hydrogen-bond donors (Lipinski definition) is 0. The van der Waals surface area contributed by atoms with Crippen molar-refractivity contribution < 1.29 is 8.83 Å². The summed E-state index contributed by atoms with van der Waals surface area (Å²) in [6.07, 6.45) is 0. The summed E-state index contributed by atoms with van der Waals surface area (Å²) < 4.78 is 17.5. The Morgan fingerprint density at radius 2 is 0.896 bits per heavy atom. The summed E-state index contributed by atoms with van der Waals surface area (Å²) in [6.45, 7) is 0. The molecule has 0 aliphatic rings. The molecule has 0 aliphatic carbocycles. The van der Waals surface area contributed by atoms with Gasteiger partial charge < -0.3 is 13.4 Å². The van der Waals surface area contributed by atoms with Gasteiger partial charge >= 0.3 is 0 Å². The van der Waals surface area contributed by atoms with Crippen LogP contribution in [0.15, 0.2) is 167 Å². The Balaban J connectivity index is 1.19. The van der Waals surface area contributed by atoms with Gasteiger partial charge in [-0.15, -0.1) is 0 Å². The minimum Gasteiger partial charge on any atom is -0.456 e. The Kier molecular flexibility index (Phi) is 5.08. The van der Waals surface area contributed by atoms with Gasteiger partial charge in [0, 0.05) is 43.7 Å². The number of furan rings is 2. The summed E-state index contributed by atoms with van der Waals surface area (Å²) in [6, 6.07) is 55.9. The van der Waals surface area contributed by atoms with Gasteiger partial charge in [0.05, 0.1) is 21.9 Å². The van der Waals surface area contributed by atoms with Crippen LogP contribution in [0.2, 0.25) is 0 Å². The zero-order valence-corrected chi connectivity index (χ0v) is 25.7. The van der Waals surface area contributed by atoms with Crippen LogP contribution in [0.25, 0.3) is 99.2 Å². The largest absolute Gasteiger partial charge is 0.456 e. The predicted molar refractivity (Wildman–Crippen MR) is 198 cm³/mol. The van der Waals surface area contributed by atoms with Crippen LogP contribution >= 0.6 is 0 Å². The molecule has 7 aromatic carbocycles. The Labute approximate surface area is 274 Å². The fourth-order valence-corrected chi connectivity index (χ4v) is 7.78. The first kappa shape index (κ1) is 25.6. The molecule has 0 radical (unpaired) electrons. The Morgan fingerprint density at radius 1 is 0.333 bits per heavy atom. The summed E-state index contributed by atoms with van der Waals surface area (Å²) in [7, 11) is 0. The van der Waals surface area contributed by atoms with E-state index in [0.717, 1.165) is 83.1 Å². The van der Waals surface area contributed by atoms with Crippen LogP contribution in [0.5, 0.6) is 0 Å². The maximum atomic E-state index is 6.53.